The molecule has 0 saturated carbocycles. The first kappa shape index (κ1) is 18.2. The Bertz CT molecular complexity index is 942. The summed E-state index contributed by atoms with van der Waals surface area (Å²) in [4.78, 5) is 30.0. The van der Waals surface area contributed by atoms with Gasteiger partial charge in [0, 0.05) is 43.9 Å². The first-order chi connectivity index (χ1) is 13.5. The highest BCUT2D eigenvalue weighted by Crippen LogP contribution is 2.30. The number of rotatable bonds is 4. The van der Waals surface area contributed by atoms with Crippen LogP contribution in [-0.2, 0) is 16.0 Å². The van der Waals surface area contributed by atoms with E-state index in [0.29, 0.717) is 37.2 Å². The van der Waals surface area contributed by atoms with Crippen LogP contribution in [0.2, 0.25) is 0 Å². The molecule has 2 atom stereocenters. The minimum absolute atomic E-state index is 0.00311. The summed E-state index contributed by atoms with van der Waals surface area (Å²) in [5.74, 6) is 0.878. The van der Waals surface area contributed by atoms with Crippen molar-refractivity contribution in [3.63, 3.8) is 0 Å². The van der Waals surface area contributed by atoms with Crippen molar-refractivity contribution in [3.05, 3.63) is 65.0 Å². The molecule has 0 saturated heterocycles. The smallest absolute Gasteiger partial charge is 0.246 e. The normalized spacial score (nSPS) is 22.7. The van der Waals surface area contributed by atoms with Crippen molar-refractivity contribution in [2.75, 3.05) is 18.9 Å². The Morgan fingerprint density at radius 3 is 3.00 bits per heavy atom. The largest absolute Gasteiger partial charge is 0.381 e. The van der Waals surface area contributed by atoms with Gasteiger partial charge in [0.2, 0.25) is 11.8 Å². The number of nitrogens with zero attached hydrogens (tertiary/aromatic N) is 2. The van der Waals surface area contributed by atoms with E-state index in [9.17, 15) is 9.59 Å². The zero-order chi connectivity index (χ0) is 19.7. The third kappa shape index (κ3) is 3.63. The number of carbonyl (C=O) groups is 2. The Labute approximate surface area is 164 Å². The first-order valence-corrected chi connectivity index (χ1v) is 9.54. The van der Waals surface area contributed by atoms with Crippen molar-refractivity contribution in [2.24, 2.45) is 5.92 Å². The highest BCUT2D eigenvalue weighted by atomic mass is 16.2. The molecular weight excluding hydrogens is 352 g/mol. The lowest BCUT2D eigenvalue weighted by Gasteiger charge is -2.22. The Kier molecular flexibility index (Phi) is 4.86. The average molecular weight is 376 g/mol. The maximum absolute atomic E-state index is 12.6. The predicted octanol–water partition coefficient (Wildman–Crippen LogP) is 2.43. The molecule has 1 aliphatic carbocycles. The number of allylic oxidation sites excluding steroid dienone is 3. The summed E-state index contributed by atoms with van der Waals surface area (Å²) in [6.45, 7) is 2.66. The number of hydrogen-bond donors (Lipinski definition) is 2. The van der Waals surface area contributed by atoms with E-state index in [2.05, 4.69) is 46.8 Å². The van der Waals surface area contributed by atoms with Crippen molar-refractivity contribution in [1.82, 2.24) is 15.2 Å². The van der Waals surface area contributed by atoms with Crippen molar-refractivity contribution < 1.29 is 9.59 Å². The topological polar surface area (TPSA) is 74.3 Å². The first-order valence-electron chi connectivity index (χ1n) is 9.54. The van der Waals surface area contributed by atoms with Crippen LogP contribution in [0.5, 0.6) is 0 Å². The number of nitrogens with one attached hydrogen (secondary N) is 2. The van der Waals surface area contributed by atoms with Crippen molar-refractivity contribution in [1.29, 1.82) is 0 Å². The number of carbonyl (C=O) groups excluding carboxylic acids is 2. The van der Waals surface area contributed by atoms with E-state index in [4.69, 9.17) is 0 Å². The minimum atomic E-state index is -0.0508. The van der Waals surface area contributed by atoms with Gasteiger partial charge in [-0.1, -0.05) is 24.3 Å². The van der Waals surface area contributed by atoms with Crippen LogP contribution in [0.1, 0.15) is 24.5 Å². The fourth-order valence-corrected chi connectivity index (χ4v) is 3.89. The fraction of sp³-hybridized carbons (Fsp3) is 0.318. The Morgan fingerprint density at radius 2 is 2.14 bits per heavy atom. The number of amides is 2. The van der Waals surface area contributed by atoms with E-state index in [1.165, 1.54) is 5.57 Å². The van der Waals surface area contributed by atoms with Crippen LogP contribution >= 0.6 is 0 Å². The van der Waals surface area contributed by atoms with Crippen molar-refractivity contribution in [2.45, 2.75) is 25.8 Å². The van der Waals surface area contributed by atoms with Gasteiger partial charge < -0.3 is 15.5 Å². The van der Waals surface area contributed by atoms with Gasteiger partial charge in [-0.3, -0.25) is 9.59 Å². The molecule has 0 fully saturated rings. The molecule has 6 heteroatoms. The van der Waals surface area contributed by atoms with Crippen LogP contribution in [0.3, 0.4) is 0 Å². The molecule has 0 aromatic carbocycles. The molecule has 0 radical (unpaired) electrons. The summed E-state index contributed by atoms with van der Waals surface area (Å²) in [6.07, 6.45) is 14.6. The van der Waals surface area contributed by atoms with Gasteiger partial charge in [0.15, 0.2) is 0 Å². The quantitative estimate of drug-likeness (QED) is 0.792. The predicted molar refractivity (Wildman–Crippen MR) is 109 cm³/mol. The number of anilines is 1. The molecule has 2 amide bonds. The maximum atomic E-state index is 12.6. The van der Waals surface area contributed by atoms with Gasteiger partial charge in [-0.05, 0) is 42.2 Å². The highest BCUT2D eigenvalue weighted by Gasteiger charge is 2.31. The van der Waals surface area contributed by atoms with Gasteiger partial charge >= 0.3 is 0 Å². The molecule has 6 nitrogen and oxygen atoms in total. The SMILES string of the molecule is CC1=C(CN(C)C(=O)/C=C/c2cnc3c(c2)CCC(=O)N3)C2C=CC=CC2N1. The van der Waals surface area contributed by atoms with Gasteiger partial charge in [0.25, 0.3) is 0 Å². The standard InChI is InChI=1S/C22H24N4O2/c1-14-18(17-5-3-4-6-19(17)24-14)13-26(2)21(28)10-7-15-11-16-8-9-20(27)25-22(16)23-12-15/h3-7,10-12,17,19,24H,8-9,13H2,1-2H3,(H,23,25,27)/b10-7+. The molecule has 28 heavy (non-hydrogen) atoms. The maximum Gasteiger partial charge on any atom is 0.246 e. The molecule has 2 unspecified atom stereocenters. The molecule has 0 bridgehead atoms. The zero-order valence-corrected chi connectivity index (χ0v) is 16.1. The number of aryl methyl sites for hydroxylation is 1. The van der Waals surface area contributed by atoms with Crippen LogP contribution in [-0.4, -0.2) is 41.3 Å². The fourth-order valence-electron chi connectivity index (χ4n) is 3.89. The Hall–Kier alpha value is -3.15. The molecule has 0 spiro atoms. The summed E-state index contributed by atoms with van der Waals surface area (Å²) in [5, 5.41) is 6.25. The summed E-state index contributed by atoms with van der Waals surface area (Å²) in [5.41, 5.74) is 4.26. The lowest BCUT2D eigenvalue weighted by atomic mass is 9.90. The highest BCUT2D eigenvalue weighted by molar-refractivity contribution is 5.93. The second kappa shape index (κ2) is 7.46. The van der Waals surface area contributed by atoms with E-state index in [1.54, 1.807) is 23.2 Å². The van der Waals surface area contributed by atoms with Crippen LogP contribution in [0.25, 0.3) is 6.08 Å². The summed E-state index contributed by atoms with van der Waals surface area (Å²) in [7, 11) is 1.82. The number of hydrogen-bond acceptors (Lipinski definition) is 4. The van der Waals surface area contributed by atoms with Gasteiger partial charge in [-0.2, -0.15) is 0 Å². The number of aromatic nitrogens is 1. The van der Waals surface area contributed by atoms with Gasteiger partial charge in [-0.25, -0.2) is 4.98 Å². The van der Waals surface area contributed by atoms with Crippen molar-refractivity contribution >= 4 is 23.7 Å². The molecule has 1 aromatic heterocycles. The van der Waals surface area contributed by atoms with Crippen LogP contribution in [0, 0.1) is 5.92 Å². The molecule has 2 aliphatic heterocycles. The lowest BCUT2D eigenvalue weighted by Crippen LogP contribution is -2.30. The van der Waals surface area contributed by atoms with E-state index in [-0.39, 0.29) is 11.8 Å². The molecule has 3 heterocycles. The second-order valence-corrected chi connectivity index (χ2v) is 7.47. The average Bonchev–Trinajstić information content (AvgIpc) is 3.01. The molecule has 4 rings (SSSR count). The zero-order valence-electron chi connectivity index (χ0n) is 16.1. The van der Waals surface area contributed by atoms with E-state index in [0.717, 1.165) is 16.8 Å². The van der Waals surface area contributed by atoms with Crippen LogP contribution in [0.15, 0.2) is 53.9 Å². The summed E-state index contributed by atoms with van der Waals surface area (Å²) in [6, 6.07) is 2.27. The Balaban J connectivity index is 1.41. The molecule has 144 valence electrons. The Morgan fingerprint density at radius 1 is 1.32 bits per heavy atom. The second-order valence-electron chi connectivity index (χ2n) is 7.47. The molecule has 1 aromatic rings. The van der Waals surface area contributed by atoms with E-state index >= 15 is 0 Å². The monoisotopic (exact) mass is 376 g/mol. The number of fused-ring (bicyclic) bond motifs is 2. The molecular formula is C22H24N4O2. The summed E-state index contributed by atoms with van der Waals surface area (Å²) < 4.78 is 0. The molecule has 2 N–H and O–H groups in total. The van der Waals surface area contributed by atoms with Gasteiger partial charge in [-0.15, -0.1) is 0 Å². The summed E-state index contributed by atoms with van der Waals surface area (Å²) >= 11 is 0. The van der Waals surface area contributed by atoms with E-state index < -0.39 is 0 Å². The van der Waals surface area contributed by atoms with E-state index in [1.807, 2.05) is 13.1 Å². The lowest BCUT2D eigenvalue weighted by molar-refractivity contribution is -0.124. The molecule has 3 aliphatic rings. The van der Waals surface area contributed by atoms with Crippen LogP contribution < -0.4 is 10.6 Å². The number of pyridine rings is 1. The third-order valence-electron chi connectivity index (χ3n) is 5.47. The third-order valence-corrected chi connectivity index (χ3v) is 5.47. The minimum Gasteiger partial charge on any atom is -0.381 e. The van der Waals surface area contributed by atoms with Crippen LogP contribution in [0.4, 0.5) is 5.82 Å². The van der Waals surface area contributed by atoms with Crippen molar-refractivity contribution in [3.8, 4) is 0 Å². The number of likely N-dealkylation sites (N-methyl/N-ethyl adjacent to an activating group) is 1. The van der Waals surface area contributed by atoms with Gasteiger partial charge in [0.1, 0.15) is 5.82 Å². The van der Waals surface area contributed by atoms with Gasteiger partial charge in [0.05, 0.1) is 6.04 Å².